The van der Waals surface area contributed by atoms with Gasteiger partial charge in [0, 0.05) is 18.7 Å². The van der Waals surface area contributed by atoms with Crippen molar-refractivity contribution in [2.24, 2.45) is 10.8 Å². The number of aromatic nitrogens is 1. The minimum Gasteiger partial charge on any atom is -0.408 e. The van der Waals surface area contributed by atoms with E-state index in [1.807, 2.05) is 0 Å². The standard InChI is InChI=1S/C17H22N2O4S/c1-16(2)7-11-8-17(3,9-16)10-19(11)24(21,22)12-4-5-13-14(6-12)23-15(20)18-13/h4-6,11H,7-10H2,1-3H3,(H,18,20)/t11-,17-/m1/s1. The Hall–Kier alpha value is -1.60. The number of aromatic amines is 1. The number of nitrogens with one attached hydrogen (secondary N) is 1. The van der Waals surface area contributed by atoms with Crippen molar-refractivity contribution in [1.29, 1.82) is 0 Å². The van der Waals surface area contributed by atoms with E-state index in [0.29, 0.717) is 12.1 Å². The number of hydrogen-bond donors (Lipinski definition) is 1. The quantitative estimate of drug-likeness (QED) is 0.903. The van der Waals surface area contributed by atoms with Crippen LogP contribution in [-0.4, -0.2) is 30.3 Å². The molecule has 1 saturated heterocycles. The molecule has 2 bridgehead atoms. The minimum absolute atomic E-state index is 0.0320. The van der Waals surface area contributed by atoms with Crippen LogP contribution in [-0.2, 0) is 10.0 Å². The average Bonchev–Trinajstić information content (AvgIpc) is 2.92. The van der Waals surface area contributed by atoms with E-state index in [0.717, 1.165) is 19.3 Å². The fraction of sp³-hybridized carbons (Fsp3) is 0.588. The van der Waals surface area contributed by atoms with E-state index in [4.69, 9.17) is 4.42 Å². The van der Waals surface area contributed by atoms with E-state index < -0.39 is 15.8 Å². The SMILES string of the molecule is CC1(C)C[C@@H]2C[C@@](C)(CN2S(=O)(=O)c2ccc3[nH]c(=O)oc3c2)C1. The Balaban J connectivity index is 1.75. The smallest absolute Gasteiger partial charge is 0.408 e. The molecule has 1 N–H and O–H groups in total. The minimum atomic E-state index is -3.61. The van der Waals surface area contributed by atoms with Gasteiger partial charge in [0.2, 0.25) is 10.0 Å². The Labute approximate surface area is 140 Å². The number of hydrogen-bond acceptors (Lipinski definition) is 4. The molecule has 2 aromatic rings. The number of H-pyrrole nitrogens is 1. The summed E-state index contributed by atoms with van der Waals surface area (Å²) >= 11 is 0. The molecule has 130 valence electrons. The van der Waals surface area contributed by atoms with Crippen molar-refractivity contribution < 1.29 is 12.8 Å². The van der Waals surface area contributed by atoms with Crippen LogP contribution in [0.1, 0.15) is 40.0 Å². The van der Waals surface area contributed by atoms with Gasteiger partial charge in [-0.2, -0.15) is 4.31 Å². The molecule has 1 aromatic carbocycles. The summed E-state index contributed by atoms with van der Waals surface area (Å²) in [5.74, 6) is -0.578. The predicted molar refractivity (Wildman–Crippen MR) is 90.3 cm³/mol. The molecule has 2 heterocycles. The molecule has 24 heavy (non-hydrogen) atoms. The molecule has 1 saturated carbocycles. The molecule has 1 aromatic heterocycles. The van der Waals surface area contributed by atoms with Crippen LogP contribution in [0.5, 0.6) is 0 Å². The fourth-order valence-electron chi connectivity index (χ4n) is 4.91. The van der Waals surface area contributed by atoms with Gasteiger partial charge in [-0.15, -0.1) is 0 Å². The van der Waals surface area contributed by atoms with Crippen LogP contribution in [0.4, 0.5) is 0 Å². The Kier molecular flexibility index (Phi) is 3.13. The molecule has 1 aliphatic carbocycles. The first-order valence-electron chi connectivity index (χ1n) is 8.23. The Morgan fingerprint density at radius 2 is 2.00 bits per heavy atom. The van der Waals surface area contributed by atoms with Crippen molar-refractivity contribution in [3.63, 3.8) is 0 Å². The normalized spacial score (nSPS) is 30.0. The van der Waals surface area contributed by atoms with E-state index in [9.17, 15) is 13.2 Å². The third kappa shape index (κ3) is 2.41. The summed E-state index contributed by atoms with van der Waals surface area (Å²) in [6.07, 6.45) is 2.83. The fourth-order valence-corrected chi connectivity index (χ4v) is 6.70. The van der Waals surface area contributed by atoms with Gasteiger partial charge in [-0.3, -0.25) is 4.98 Å². The lowest BCUT2D eigenvalue weighted by Crippen LogP contribution is -2.37. The maximum absolute atomic E-state index is 13.2. The summed E-state index contributed by atoms with van der Waals surface area (Å²) in [5, 5.41) is 0. The van der Waals surface area contributed by atoms with E-state index in [1.54, 1.807) is 16.4 Å². The Bertz CT molecular complexity index is 972. The summed E-state index contributed by atoms with van der Waals surface area (Å²) in [6.45, 7) is 7.17. The third-order valence-corrected chi connectivity index (χ3v) is 7.26. The van der Waals surface area contributed by atoms with Crippen LogP contribution in [0.15, 0.2) is 32.3 Å². The number of benzene rings is 1. The van der Waals surface area contributed by atoms with E-state index in [-0.39, 0.29) is 27.4 Å². The Morgan fingerprint density at radius 3 is 2.75 bits per heavy atom. The van der Waals surface area contributed by atoms with Crippen LogP contribution >= 0.6 is 0 Å². The highest BCUT2D eigenvalue weighted by Crippen LogP contribution is 2.53. The number of sulfonamides is 1. The van der Waals surface area contributed by atoms with Gasteiger partial charge in [0.15, 0.2) is 5.58 Å². The largest absolute Gasteiger partial charge is 0.417 e. The molecular formula is C17H22N2O4S. The second-order valence-electron chi connectivity index (χ2n) is 8.44. The molecule has 2 fully saturated rings. The number of fused-ring (bicyclic) bond motifs is 3. The monoisotopic (exact) mass is 350 g/mol. The average molecular weight is 350 g/mol. The summed E-state index contributed by atoms with van der Waals surface area (Å²) < 4.78 is 33.0. The lowest BCUT2D eigenvalue weighted by atomic mass is 9.65. The van der Waals surface area contributed by atoms with Crippen molar-refractivity contribution >= 4 is 21.1 Å². The molecule has 7 heteroatoms. The molecule has 0 spiro atoms. The molecular weight excluding hydrogens is 328 g/mol. The molecule has 0 amide bonds. The lowest BCUT2D eigenvalue weighted by Gasteiger charge is -2.39. The van der Waals surface area contributed by atoms with Gasteiger partial charge in [-0.05, 0) is 42.2 Å². The van der Waals surface area contributed by atoms with Crippen LogP contribution in [0, 0.1) is 10.8 Å². The molecule has 0 unspecified atom stereocenters. The lowest BCUT2D eigenvalue weighted by molar-refractivity contribution is 0.133. The zero-order valence-corrected chi connectivity index (χ0v) is 14.9. The second kappa shape index (κ2) is 4.73. The maximum atomic E-state index is 13.2. The van der Waals surface area contributed by atoms with Crippen LogP contribution in [0.25, 0.3) is 11.1 Å². The first-order chi connectivity index (χ1) is 11.1. The second-order valence-corrected chi connectivity index (χ2v) is 10.3. The molecule has 2 atom stereocenters. The van der Waals surface area contributed by atoms with E-state index in [2.05, 4.69) is 25.8 Å². The van der Waals surface area contributed by atoms with Gasteiger partial charge in [-0.1, -0.05) is 20.8 Å². The summed E-state index contributed by atoms with van der Waals surface area (Å²) in [4.78, 5) is 14.0. The summed E-state index contributed by atoms with van der Waals surface area (Å²) in [5.41, 5.74) is 0.964. The summed E-state index contributed by atoms with van der Waals surface area (Å²) in [6, 6.07) is 4.61. The number of oxazole rings is 1. The van der Waals surface area contributed by atoms with Crippen molar-refractivity contribution in [1.82, 2.24) is 9.29 Å². The van der Waals surface area contributed by atoms with Gasteiger partial charge in [0.1, 0.15) is 0 Å². The van der Waals surface area contributed by atoms with Gasteiger partial charge < -0.3 is 4.42 Å². The zero-order chi connectivity index (χ0) is 17.3. The summed E-state index contributed by atoms with van der Waals surface area (Å²) in [7, 11) is -3.61. The Morgan fingerprint density at radius 1 is 1.25 bits per heavy atom. The molecule has 1 aliphatic heterocycles. The van der Waals surface area contributed by atoms with Crippen molar-refractivity contribution in [2.75, 3.05) is 6.54 Å². The molecule has 4 rings (SSSR count). The zero-order valence-electron chi connectivity index (χ0n) is 14.1. The van der Waals surface area contributed by atoms with Crippen molar-refractivity contribution in [2.45, 2.75) is 51.0 Å². The van der Waals surface area contributed by atoms with Gasteiger partial charge >= 0.3 is 5.76 Å². The van der Waals surface area contributed by atoms with Gasteiger partial charge in [-0.25, -0.2) is 13.2 Å². The van der Waals surface area contributed by atoms with Crippen LogP contribution in [0.3, 0.4) is 0 Å². The topological polar surface area (TPSA) is 83.4 Å². The first kappa shape index (κ1) is 15.9. The predicted octanol–water partition coefficient (Wildman–Crippen LogP) is 2.71. The van der Waals surface area contributed by atoms with Gasteiger partial charge in [0.25, 0.3) is 0 Å². The van der Waals surface area contributed by atoms with E-state index >= 15 is 0 Å². The maximum Gasteiger partial charge on any atom is 0.417 e. The molecule has 0 radical (unpaired) electrons. The highest BCUT2D eigenvalue weighted by molar-refractivity contribution is 7.89. The number of nitrogens with zero attached hydrogens (tertiary/aromatic N) is 1. The molecule has 2 aliphatic rings. The number of rotatable bonds is 2. The highest BCUT2D eigenvalue weighted by Gasteiger charge is 2.53. The van der Waals surface area contributed by atoms with Gasteiger partial charge in [0.05, 0.1) is 10.4 Å². The van der Waals surface area contributed by atoms with Crippen molar-refractivity contribution in [3.8, 4) is 0 Å². The van der Waals surface area contributed by atoms with E-state index in [1.165, 1.54) is 6.07 Å². The first-order valence-corrected chi connectivity index (χ1v) is 9.67. The van der Waals surface area contributed by atoms with Crippen LogP contribution < -0.4 is 5.76 Å². The van der Waals surface area contributed by atoms with Crippen molar-refractivity contribution in [3.05, 3.63) is 28.7 Å². The van der Waals surface area contributed by atoms with Crippen LogP contribution in [0.2, 0.25) is 0 Å². The molecule has 6 nitrogen and oxygen atoms in total. The highest BCUT2D eigenvalue weighted by atomic mass is 32.2. The third-order valence-electron chi connectivity index (χ3n) is 5.37.